The molecule has 0 saturated carbocycles. The van der Waals surface area contributed by atoms with E-state index in [9.17, 15) is 19.8 Å². The predicted octanol–water partition coefficient (Wildman–Crippen LogP) is 8.97. The van der Waals surface area contributed by atoms with Gasteiger partial charge in [0, 0.05) is 62.2 Å². The number of amides is 2. The number of unbranched alkanes of at least 4 members (excludes halogenated alkanes) is 7. The van der Waals surface area contributed by atoms with Gasteiger partial charge in [-0.1, -0.05) is 87.1 Å². The summed E-state index contributed by atoms with van der Waals surface area (Å²) in [5.41, 5.74) is 11.8. The molecule has 2 aliphatic carbocycles. The van der Waals surface area contributed by atoms with Gasteiger partial charge in [-0.15, -0.1) is 0 Å². The van der Waals surface area contributed by atoms with Crippen molar-refractivity contribution >= 4 is 11.8 Å². The number of likely N-dealkylation sites (N-methyl/N-ethyl adjacent to an activating group) is 2. The van der Waals surface area contributed by atoms with E-state index in [1.165, 1.54) is 22.3 Å². The molecule has 0 saturated heterocycles. The van der Waals surface area contributed by atoms with Gasteiger partial charge in [0.2, 0.25) is 11.8 Å². The number of benzene rings is 4. The minimum atomic E-state index is 0.0800. The standard InChI is InChI=1S/C52H66N4O6/c1-55-29-25-35-15-11-17-39-47(35)41(55)33-37-21-23-43(51(59)49(37)39)61-31-13-27-53-45(57)19-9-7-5-3-4-6-8-10-20-46(58)54-28-14-32-62-44-24-22-38-34-42-48-36(26-30-56(42)2)16-12-18-40(48)50(38)52(44)60/h11-12,15-18,21-24,41-42,59-60H,3-10,13-14,19-20,25-34H2,1-2H3,(H,53,57)(H,54,58)/t41-,42-/m1/s1. The molecule has 2 heterocycles. The molecule has 2 aliphatic heterocycles. The molecule has 0 fully saturated rings. The highest BCUT2D eigenvalue weighted by molar-refractivity contribution is 5.83. The summed E-state index contributed by atoms with van der Waals surface area (Å²) in [6.45, 7) is 4.04. The average Bonchev–Trinajstić information content (AvgIpc) is 3.27. The first kappa shape index (κ1) is 43.6. The number of phenols is 2. The fourth-order valence-corrected chi connectivity index (χ4v) is 10.3. The second-order valence-corrected chi connectivity index (χ2v) is 18.0. The van der Waals surface area contributed by atoms with Crippen molar-refractivity contribution in [3.8, 4) is 45.3 Å². The zero-order valence-electron chi connectivity index (χ0n) is 36.9. The summed E-state index contributed by atoms with van der Waals surface area (Å²) >= 11 is 0. The smallest absolute Gasteiger partial charge is 0.219 e. The molecular formula is C52H66N4O6. The number of hydrogen-bond acceptors (Lipinski definition) is 8. The lowest BCUT2D eigenvalue weighted by molar-refractivity contribution is -0.122. The van der Waals surface area contributed by atoms with Crippen LogP contribution in [0.3, 0.4) is 0 Å². The van der Waals surface area contributed by atoms with Crippen molar-refractivity contribution in [2.75, 3.05) is 53.5 Å². The van der Waals surface area contributed by atoms with Crippen LogP contribution in [0.2, 0.25) is 0 Å². The number of hydrogen-bond donors (Lipinski definition) is 4. The molecule has 4 aromatic carbocycles. The van der Waals surface area contributed by atoms with Crippen LogP contribution in [0.1, 0.15) is 123 Å². The van der Waals surface area contributed by atoms with E-state index in [2.05, 4.69) is 83.1 Å². The third kappa shape index (κ3) is 9.77. The normalized spacial score (nSPS) is 17.3. The van der Waals surface area contributed by atoms with E-state index in [1.54, 1.807) is 0 Å². The van der Waals surface area contributed by atoms with Crippen LogP contribution in [-0.2, 0) is 35.3 Å². The molecule has 4 aromatic rings. The summed E-state index contributed by atoms with van der Waals surface area (Å²) in [4.78, 5) is 29.7. The third-order valence-electron chi connectivity index (χ3n) is 13.8. The molecule has 0 aromatic heterocycles. The van der Waals surface area contributed by atoms with Gasteiger partial charge >= 0.3 is 0 Å². The largest absolute Gasteiger partial charge is 0.504 e. The lowest BCUT2D eigenvalue weighted by atomic mass is 9.77. The molecule has 10 heteroatoms. The Morgan fingerprint density at radius 3 is 1.42 bits per heavy atom. The summed E-state index contributed by atoms with van der Waals surface area (Å²) in [6.07, 6.45) is 14.6. The van der Waals surface area contributed by atoms with Crippen LogP contribution in [0.15, 0.2) is 60.7 Å². The van der Waals surface area contributed by atoms with Gasteiger partial charge in [0.25, 0.3) is 0 Å². The SMILES string of the molecule is CN1CCc2cccc3c2[C@H]1Cc1ccc(OCCCNC(=O)CCCCCCCCCCC(=O)NCCCOc2ccc4c(c2O)-c2cccc5c2[C@@H](C4)N(C)CC5)c(O)c1-3. The van der Waals surface area contributed by atoms with Gasteiger partial charge in [0.15, 0.2) is 23.0 Å². The Balaban J connectivity index is 0.624. The van der Waals surface area contributed by atoms with Gasteiger partial charge in [0.1, 0.15) is 0 Å². The summed E-state index contributed by atoms with van der Waals surface area (Å²) in [7, 11) is 4.38. The minimum Gasteiger partial charge on any atom is -0.504 e. The summed E-state index contributed by atoms with van der Waals surface area (Å²) in [5, 5.41) is 28.6. The van der Waals surface area contributed by atoms with Gasteiger partial charge in [-0.05, 0) is 122 Å². The van der Waals surface area contributed by atoms with Crippen molar-refractivity contribution < 1.29 is 29.3 Å². The lowest BCUT2D eigenvalue weighted by Crippen LogP contribution is -2.35. The minimum absolute atomic E-state index is 0.0800. The van der Waals surface area contributed by atoms with Crippen molar-refractivity contribution in [2.45, 2.75) is 115 Å². The summed E-state index contributed by atoms with van der Waals surface area (Å²) in [6, 6.07) is 21.5. The van der Waals surface area contributed by atoms with E-state index in [0.717, 1.165) is 124 Å². The van der Waals surface area contributed by atoms with Crippen LogP contribution >= 0.6 is 0 Å². The van der Waals surface area contributed by atoms with Crippen molar-refractivity contribution in [3.05, 3.63) is 94.0 Å². The van der Waals surface area contributed by atoms with Gasteiger partial charge in [-0.2, -0.15) is 0 Å². The van der Waals surface area contributed by atoms with Crippen molar-refractivity contribution in [3.63, 3.8) is 0 Å². The summed E-state index contributed by atoms with van der Waals surface area (Å²) in [5.74, 6) is 1.60. The lowest BCUT2D eigenvalue weighted by Gasteiger charge is -2.40. The highest BCUT2D eigenvalue weighted by atomic mass is 16.5. The number of nitrogens with zero attached hydrogens (tertiary/aromatic N) is 2. The zero-order chi connectivity index (χ0) is 43.0. The molecule has 10 nitrogen and oxygen atoms in total. The molecular weight excluding hydrogens is 777 g/mol. The second kappa shape index (κ2) is 20.4. The van der Waals surface area contributed by atoms with Crippen molar-refractivity contribution in [1.82, 2.24) is 20.4 Å². The molecule has 0 bridgehead atoms. The first-order valence-electron chi connectivity index (χ1n) is 23.4. The molecule has 4 N–H and O–H groups in total. The molecule has 330 valence electrons. The van der Waals surface area contributed by atoms with E-state index in [1.807, 2.05) is 12.1 Å². The van der Waals surface area contributed by atoms with Gasteiger partial charge < -0.3 is 30.3 Å². The number of phenolic OH excluding ortho intramolecular Hbond substituents is 2. The first-order chi connectivity index (χ1) is 30.3. The molecule has 2 amide bonds. The fourth-order valence-electron chi connectivity index (χ4n) is 10.3. The van der Waals surface area contributed by atoms with E-state index in [4.69, 9.17) is 9.47 Å². The Kier molecular flexibility index (Phi) is 14.4. The number of ether oxygens (including phenoxy) is 2. The van der Waals surface area contributed by atoms with Crippen LogP contribution in [0, 0.1) is 0 Å². The Morgan fingerprint density at radius 1 is 0.565 bits per heavy atom. The number of nitrogens with one attached hydrogen (secondary N) is 2. The number of fused-ring (bicyclic) bond motifs is 4. The molecule has 4 aliphatic rings. The van der Waals surface area contributed by atoms with E-state index in [0.29, 0.717) is 75.6 Å². The fraction of sp³-hybridized carbons (Fsp3) is 0.500. The summed E-state index contributed by atoms with van der Waals surface area (Å²) < 4.78 is 12.0. The van der Waals surface area contributed by atoms with Crippen LogP contribution in [0.5, 0.6) is 23.0 Å². The zero-order valence-corrected chi connectivity index (χ0v) is 36.9. The second-order valence-electron chi connectivity index (χ2n) is 18.0. The molecule has 2 atom stereocenters. The molecule has 0 spiro atoms. The number of aromatic hydroxyl groups is 2. The number of rotatable bonds is 21. The topological polar surface area (TPSA) is 124 Å². The Bertz CT molecular complexity index is 2070. The third-order valence-corrected chi connectivity index (χ3v) is 13.8. The Morgan fingerprint density at radius 2 is 0.984 bits per heavy atom. The number of carbonyl (C=O) groups is 2. The van der Waals surface area contributed by atoms with Crippen LogP contribution in [-0.4, -0.2) is 85.3 Å². The highest BCUT2D eigenvalue weighted by Crippen LogP contribution is 2.52. The van der Waals surface area contributed by atoms with Crippen molar-refractivity contribution in [1.29, 1.82) is 0 Å². The highest BCUT2D eigenvalue weighted by Gasteiger charge is 2.36. The monoisotopic (exact) mass is 842 g/mol. The van der Waals surface area contributed by atoms with Gasteiger partial charge in [0.05, 0.1) is 13.2 Å². The Labute approximate surface area is 368 Å². The van der Waals surface area contributed by atoms with Crippen LogP contribution in [0.25, 0.3) is 22.3 Å². The van der Waals surface area contributed by atoms with E-state index >= 15 is 0 Å². The number of carbonyl (C=O) groups excluding carboxylic acids is 2. The van der Waals surface area contributed by atoms with Gasteiger partial charge in [-0.25, -0.2) is 0 Å². The maximum Gasteiger partial charge on any atom is 0.219 e. The Hall–Kier alpha value is -5.06. The van der Waals surface area contributed by atoms with Crippen LogP contribution < -0.4 is 20.1 Å². The van der Waals surface area contributed by atoms with Crippen LogP contribution in [0.4, 0.5) is 0 Å². The molecule has 0 radical (unpaired) electrons. The molecule has 8 rings (SSSR count). The average molecular weight is 843 g/mol. The van der Waals surface area contributed by atoms with Gasteiger partial charge in [-0.3, -0.25) is 19.4 Å². The first-order valence-corrected chi connectivity index (χ1v) is 23.4. The maximum atomic E-state index is 12.4. The van der Waals surface area contributed by atoms with E-state index in [-0.39, 0.29) is 23.3 Å². The van der Waals surface area contributed by atoms with E-state index < -0.39 is 0 Å². The molecule has 62 heavy (non-hydrogen) atoms. The van der Waals surface area contributed by atoms with Crippen molar-refractivity contribution in [2.24, 2.45) is 0 Å². The predicted molar refractivity (Wildman–Crippen MR) is 245 cm³/mol. The quantitative estimate of drug-likeness (QED) is 0.0614. The molecule has 0 unspecified atom stereocenters. The maximum absolute atomic E-state index is 12.4.